The number of hydrogen-bond donors (Lipinski definition) is 2. The molecule has 0 aliphatic rings. The number of aromatic amines is 1. The number of nitrogens with zero attached hydrogens (tertiary/aromatic N) is 4. The third-order valence-electron chi connectivity index (χ3n) is 2.26. The van der Waals surface area contributed by atoms with E-state index in [2.05, 4.69) is 25.4 Å². The molecule has 0 atom stereocenters. The first-order valence-corrected chi connectivity index (χ1v) is 4.87. The Balaban J connectivity index is 1.94. The summed E-state index contributed by atoms with van der Waals surface area (Å²) in [6.07, 6.45) is 7.20. The van der Waals surface area contributed by atoms with E-state index in [-0.39, 0.29) is 0 Å². The zero-order valence-electron chi connectivity index (χ0n) is 8.68. The second-order valence-corrected chi connectivity index (χ2v) is 3.50. The van der Waals surface area contributed by atoms with Crippen molar-refractivity contribution in [1.29, 1.82) is 0 Å². The van der Waals surface area contributed by atoms with E-state index in [1.165, 1.54) is 0 Å². The van der Waals surface area contributed by atoms with Crippen LogP contribution in [0.2, 0.25) is 0 Å². The lowest BCUT2D eigenvalue weighted by Gasteiger charge is -2.00. The molecule has 0 unspecified atom stereocenters. The van der Waals surface area contributed by atoms with E-state index >= 15 is 0 Å². The molecule has 3 aromatic heterocycles. The summed E-state index contributed by atoms with van der Waals surface area (Å²) in [5.74, 6) is 0.558. The fourth-order valence-electron chi connectivity index (χ4n) is 1.51. The molecule has 0 aromatic carbocycles. The van der Waals surface area contributed by atoms with Crippen LogP contribution in [-0.2, 0) is 7.05 Å². The number of fused-ring (bicyclic) bond motifs is 1. The molecule has 3 rings (SSSR count). The normalized spacial score (nSPS) is 10.8. The maximum atomic E-state index is 4.32. The van der Waals surface area contributed by atoms with Crippen LogP contribution in [0.15, 0.2) is 30.9 Å². The van der Waals surface area contributed by atoms with Crippen LogP contribution < -0.4 is 5.32 Å². The molecule has 0 spiro atoms. The van der Waals surface area contributed by atoms with E-state index in [0.717, 1.165) is 16.7 Å². The molecule has 2 N–H and O–H groups in total. The predicted molar refractivity (Wildman–Crippen MR) is 60.4 cm³/mol. The lowest BCUT2D eigenvalue weighted by atomic mass is 10.4. The molecule has 16 heavy (non-hydrogen) atoms. The van der Waals surface area contributed by atoms with Gasteiger partial charge in [0.1, 0.15) is 5.65 Å². The van der Waals surface area contributed by atoms with Crippen LogP contribution in [0.5, 0.6) is 0 Å². The standard InChI is InChI=1S/C10H10N6/c1-16-6-8(5-13-16)14-10-12-4-7-2-3-11-9(7)15-10/h2-6H,1H3,(H2,11,12,14,15). The third kappa shape index (κ3) is 1.50. The SMILES string of the molecule is Cn1cc(Nc2ncc3cc[nH]c3n2)cn1. The van der Waals surface area contributed by atoms with Crippen LogP contribution in [0.3, 0.4) is 0 Å². The molecule has 0 saturated heterocycles. The number of aromatic nitrogens is 5. The Bertz CT molecular complexity index is 623. The van der Waals surface area contributed by atoms with Gasteiger partial charge in [-0.15, -0.1) is 0 Å². The van der Waals surface area contributed by atoms with Gasteiger partial charge in [0.15, 0.2) is 0 Å². The van der Waals surface area contributed by atoms with E-state index in [4.69, 9.17) is 0 Å². The van der Waals surface area contributed by atoms with Crippen LogP contribution in [0.1, 0.15) is 0 Å². The number of aryl methyl sites for hydroxylation is 1. The van der Waals surface area contributed by atoms with E-state index < -0.39 is 0 Å². The van der Waals surface area contributed by atoms with Crippen molar-refractivity contribution in [3.63, 3.8) is 0 Å². The minimum absolute atomic E-state index is 0.558. The van der Waals surface area contributed by atoms with Crippen LogP contribution in [0.4, 0.5) is 11.6 Å². The Morgan fingerprint density at radius 3 is 3.12 bits per heavy atom. The highest BCUT2D eigenvalue weighted by Crippen LogP contribution is 2.14. The molecule has 6 heteroatoms. The lowest BCUT2D eigenvalue weighted by molar-refractivity contribution is 0.768. The molecular formula is C10H10N6. The molecule has 80 valence electrons. The van der Waals surface area contributed by atoms with Crippen LogP contribution >= 0.6 is 0 Å². The van der Waals surface area contributed by atoms with Crippen molar-refractivity contribution < 1.29 is 0 Å². The van der Waals surface area contributed by atoms with Gasteiger partial charge >= 0.3 is 0 Å². The number of rotatable bonds is 2. The summed E-state index contributed by atoms with van der Waals surface area (Å²) < 4.78 is 1.72. The molecular weight excluding hydrogens is 204 g/mol. The number of nitrogens with one attached hydrogen (secondary N) is 2. The maximum absolute atomic E-state index is 4.32. The lowest BCUT2D eigenvalue weighted by Crippen LogP contribution is -1.95. The average Bonchev–Trinajstić information content (AvgIpc) is 2.87. The summed E-state index contributed by atoms with van der Waals surface area (Å²) in [5.41, 5.74) is 1.69. The zero-order valence-corrected chi connectivity index (χ0v) is 8.68. The monoisotopic (exact) mass is 214 g/mol. The maximum Gasteiger partial charge on any atom is 0.229 e. The summed E-state index contributed by atoms with van der Waals surface area (Å²) in [5, 5.41) is 8.13. The second-order valence-electron chi connectivity index (χ2n) is 3.50. The van der Waals surface area contributed by atoms with E-state index in [9.17, 15) is 0 Å². The first-order valence-electron chi connectivity index (χ1n) is 4.87. The summed E-state index contributed by atoms with van der Waals surface area (Å²) in [6, 6.07) is 1.93. The van der Waals surface area contributed by atoms with Gasteiger partial charge in [0.25, 0.3) is 0 Å². The Hall–Kier alpha value is -2.37. The Morgan fingerprint density at radius 1 is 1.38 bits per heavy atom. The van der Waals surface area contributed by atoms with Crippen molar-refractivity contribution in [2.24, 2.45) is 7.05 Å². The number of H-pyrrole nitrogens is 1. The van der Waals surface area contributed by atoms with Gasteiger partial charge in [0, 0.05) is 31.0 Å². The average molecular weight is 214 g/mol. The van der Waals surface area contributed by atoms with Gasteiger partial charge in [-0.2, -0.15) is 10.1 Å². The van der Waals surface area contributed by atoms with Crippen LogP contribution in [0.25, 0.3) is 11.0 Å². The van der Waals surface area contributed by atoms with Crippen LogP contribution in [0, 0.1) is 0 Å². The Labute approximate surface area is 91.3 Å². The van der Waals surface area contributed by atoms with Crippen molar-refractivity contribution in [2.75, 3.05) is 5.32 Å². The third-order valence-corrected chi connectivity index (χ3v) is 2.26. The highest BCUT2D eigenvalue weighted by Gasteiger charge is 2.02. The predicted octanol–water partition coefficient (Wildman–Crippen LogP) is 1.43. The highest BCUT2D eigenvalue weighted by molar-refractivity contribution is 5.75. The minimum Gasteiger partial charge on any atom is -0.346 e. The van der Waals surface area contributed by atoms with Crippen molar-refractivity contribution in [2.45, 2.75) is 0 Å². The van der Waals surface area contributed by atoms with Gasteiger partial charge in [0.05, 0.1) is 11.9 Å². The number of anilines is 2. The second kappa shape index (κ2) is 3.34. The molecule has 0 aliphatic carbocycles. The quantitative estimate of drug-likeness (QED) is 0.677. The molecule has 6 nitrogen and oxygen atoms in total. The van der Waals surface area contributed by atoms with Gasteiger partial charge in [-0.1, -0.05) is 0 Å². The van der Waals surface area contributed by atoms with E-state index in [1.54, 1.807) is 17.1 Å². The zero-order chi connectivity index (χ0) is 11.0. The molecule has 0 fully saturated rings. The summed E-state index contributed by atoms with van der Waals surface area (Å²) in [6.45, 7) is 0. The molecule has 3 aromatic rings. The van der Waals surface area contributed by atoms with E-state index in [0.29, 0.717) is 5.95 Å². The summed E-state index contributed by atoms with van der Waals surface area (Å²) in [7, 11) is 1.86. The van der Waals surface area contributed by atoms with Gasteiger partial charge < -0.3 is 10.3 Å². The van der Waals surface area contributed by atoms with Gasteiger partial charge in [-0.05, 0) is 6.07 Å². The highest BCUT2D eigenvalue weighted by atomic mass is 15.3. The first kappa shape index (κ1) is 8.90. The largest absolute Gasteiger partial charge is 0.346 e. The Kier molecular flexibility index (Phi) is 1.86. The summed E-state index contributed by atoms with van der Waals surface area (Å²) >= 11 is 0. The molecule has 0 radical (unpaired) electrons. The van der Waals surface area contributed by atoms with Crippen molar-refractivity contribution in [1.82, 2.24) is 24.7 Å². The smallest absolute Gasteiger partial charge is 0.229 e. The minimum atomic E-state index is 0.558. The molecule has 0 aliphatic heterocycles. The van der Waals surface area contributed by atoms with Crippen molar-refractivity contribution >= 4 is 22.7 Å². The molecule has 0 saturated carbocycles. The first-order chi connectivity index (χ1) is 7.81. The van der Waals surface area contributed by atoms with Crippen molar-refractivity contribution in [3.05, 3.63) is 30.9 Å². The molecule has 0 amide bonds. The Morgan fingerprint density at radius 2 is 2.31 bits per heavy atom. The van der Waals surface area contributed by atoms with Gasteiger partial charge in [-0.3, -0.25) is 4.68 Å². The number of hydrogen-bond acceptors (Lipinski definition) is 4. The fraction of sp³-hybridized carbons (Fsp3) is 0.100. The molecule has 0 bridgehead atoms. The van der Waals surface area contributed by atoms with E-state index in [1.807, 2.05) is 25.5 Å². The van der Waals surface area contributed by atoms with Crippen molar-refractivity contribution in [3.8, 4) is 0 Å². The fourth-order valence-corrected chi connectivity index (χ4v) is 1.51. The van der Waals surface area contributed by atoms with Gasteiger partial charge in [0.2, 0.25) is 5.95 Å². The summed E-state index contributed by atoms with van der Waals surface area (Å²) in [4.78, 5) is 11.6. The topological polar surface area (TPSA) is 71.4 Å². The van der Waals surface area contributed by atoms with Gasteiger partial charge in [-0.25, -0.2) is 4.98 Å². The van der Waals surface area contributed by atoms with Crippen LogP contribution in [-0.4, -0.2) is 24.7 Å². The molecule has 3 heterocycles.